The van der Waals surface area contributed by atoms with Gasteiger partial charge in [-0.2, -0.15) is 13.2 Å². The molecule has 6 heteroatoms. The highest BCUT2D eigenvalue weighted by Crippen LogP contribution is 2.29. The lowest BCUT2D eigenvalue weighted by Crippen LogP contribution is -2.30. The van der Waals surface area contributed by atoms with Crippen molar-refractivity contribution in [1.29, 1.82) is 0 Å². The highest BCUT2D eigenvalue weighted by atomic mass is 19.4. The van der Waals surface area contributed by atoms with Gasteiger partial charge in [0.1, 0.15) is 0 Å². The Bertz CT molecular complexity index is 940. The Balaban J connectivity index is 1.59. The average Bonchev–Trinajstić information content (AvgIpc) is 2.69. The van der Waals surface area contributed by atoms with Crippen LogP contribution in [0.25, 0.3) is 11.1 Å². The normalized spacial score (nSPS) is 11.1. The van der Waals surface area contributed by atoms with Crippen LogP contribution in [0.2, 0.25) is 0 Å². The van der Waals surface area contributed by atoms with E-state index in [0.717, 1.165) is 23.3 Å². The molecule has 28 heavy (non-hydrogen) atoms. The fraction of sp³-hybridized carbons (Fsp3) is 0.136. The molecule has 0 heterocycles. The molecule has 3 rings (SSSR count). The SMILES string of the molecule is O=C(NCCc1cccc(C(F)(F)F)c1)Nc1ccccc1-c1ccccc1. The van der Waals surface area contributed by atoms with Crippen LogP contribution in [0.15, 0.2) is 78.9 Å². The Morgan fingerprint density at radius 1 is 0.857 bits per heavy atom. The molecule has 3 aromatic rings. The zero-order chi connectivity index (χ0) is 20.0. The number of anilines is 1. The highest BCUT2D eigenvalue weighted by Gasteiger charge is 2.30. The number of benzene rings is 3. The van der Waals surface area contributed by atoms with Crippen molar-refractivity contribution in [3.05, 3.63) is 90.0 Å². The molecular weight excluding hydrogens is 365 g/mol. The van der Waals surface area contributed by atoms with Crippen molar-refractivity contribution < 1.29 is 18.0 Å². The van der Waals surface area contributed by atoms with Crippen molar-refractivity contribution >= 4 is 11.7 Å². The van der Waals surface area contributed by atoms with Crippen molar-refractivity contribution in [3.63, 3.8) is 0 Å². The first kappa shape index (κ1) is 19.5. The van der Waals surface area contributed by atoms with E-state index in [-0.39, 0.29) is 6.54 Å². The van der Waals surface area contributed by atoms with Gasteiger partial charge >= 0.3 is 12.2 Å². The smallest absolute Gasteiger partial charge is 0.338 e. The summed E-state index contributed by atoms with van der Waals surface area (Å²) in [4.78, 5) is 12.2. The van der Waals surface area contributed by atoms with Crippen LogP contribution < -0.4 is 10.6 Å². The van der Waals surface area contributed by atoms with Crippen LogP contribution in [-0.2, 0) is 12.6 Å². The fourth-order valence-electron chi connectivity index (χ4n) is 2.85. The lowest BCUT2D eigenvalue weighted by atomic mass is 10.0. The zero-order valence-corrected chi connectivity index (χ0v) is 15.0. The van der Waals surface area contributed by atoms with Gasteiger partial charge in [-0.05, 0) is 29.7 Å². The molecule has 0 saturated heterocycles. The molecule has 2 amide bonds. The van der Waals surface area contributed by atoms with Gasteiger partial charge in [-0.3, -0.25) is 0 Å². The van der Waals surface area contributed by atoms with Crippen molar-refractivity contribution in [2.75, 3.05) is 11.9 Å². The molecule has 0 spiro atoms. The number of halogens is 3. The van der Waals surface area contributed by atoms with Gasteiger partial charge in [-0.1, -0.05) is 66.7 Å². The van der Waals surface area contributed by atoms with Gasteiger partial charge in [0.2, 0.25) is 0 Å². The average molecular weight is 384 g/mol. The van der Waals surface area contributed by atoms with Gasteiger partial charge < -0.3 is 10.6 Å². The monoisotopic (exact) mass is 384 g/mol. The van der Waals surface area contributed by atoms with Crippen LogP contribution >= 0.6 is 0 Å². The third-order valence-corrected chi connectivity index (χ3v) is 4.21. The Kier molecular flexibility index (Phi) is 5.99. The molecule has 0 bridgehead atoms. The van der Waals surface area contributed by atoms with E-state index in [2.05, 4.69) is 10.6 Å². The summed E-state index contributed by atoms with van der Waals surface area (Å²) < 4.78 is 38.3. The van der Waals surface area contributed by atoms with Gasteiger partial charge in [0.05, 0.1) is 11.3 Å². The van der Waals surface area contributed by atoms with Crippen LogP contribution in [-0.4, -0.2) is 12.6 Å². The molecule has 0 radical (unpaired) electrons. The lowest BCUT2D eigenvalue weighted by molar-refractivity contribution is -0.137. The molecule has 0 unspecified atom stereocenters. The quantitative estimate of drug-likeness (QED) is 0.579. The van der Waals surface area contributed by atoms with Crippen LogP contribution in [0.1, 0.15) is 11.1 Å². The van der Waals surface area contributed by atoms with Crippen molar-refractivity contribution in [3.8, 4) is 11.1 Å². The Morgan fingerprint density at radius 3 is 2.32 bits per heavy atom. The highest BCUT2D eigenvalue weighted by molar-refractivity contribution is 5.94. The Morgan fingerprint density at radius 2 is 1.57 bits per heavy atom. The van der Waals surface area contributed by atoms with Crippen molar-refractivity contribution in [2.24, 2.45) is 0 Å². The van der Waals surface area contributed by atoms with E-state index in [9.17, 15) is 18.0 Å². The summed E-state index contributed by atoms with van der Waals surface area (Å²) in [5, 5.41) is 5.49. The first-order valence-electron chi connectivity index (χ1n) is 8.79. The van der Waals surface area contributed by atoms with E-state index in [0.29, 0.717) is 17.7 Å². The second-order valence-corrected chi connectivity index (χ2v) is 6.24. The van der Waals surface area contributed by atoms with E-state index >= 15 is 0 Å². The molecule has 3 nitrogen and oxygen atoms in total. The molecule has 0 aliphatic carbocycles. The number of nitrogens with one attached hydrogen (secondary N) is 2. The number of hydrogen-bond donors (Lipinski definition) is 2. The number of alkyl halides is 3. The first-order chi connectivity index (χ1) is 13.4. The van der Waals surface area contributed by atoms with Gasteiger partial charge in [-0.15, -0.1) is 0 Å². The molecule has 2 N–H and O–H groups in total. The Labute approximate surface area is 161 Å². The van der Waals surface area contributed by atoms with E-state index in [4.69, 9.17) is 0 Å². The standard InChI is InChI=1S/C22H19F3N2O/c23-22(24,25)18-10-6-7-16(15-18)13-14-26-21(28)27-20-12-5-4-11-19(20)17-8-2-1-3-9-17/h1-12,15H,13-14H2,(H2,26,27,28). The maximum atomic E-state index is 12.8. The summed E-state index contributed by atoms with van der Waals surface area (Å²) in [5.41, 5.74) is 2.34. The van der Waals surface area contributed by atoms with Crippen LogP contribution in [0.3, 0.4) is 0 Å². The molecule has 0 atom stereocenters. The topological polar surface area (TPSA) is 41.1 Å². The molecule has 0 aliphatic heterocycles. The van der Waals surface area contributed by atoms with Crippen LogP contribution in [0.4, 0.5) is 23.7 Å². The lowest BCUT2D eigenvalue weighted by Gasteiger charge is -2.13. The van der Waals surface area contributed by atoms with Crippen LogP contribution in [0.5, 0.6) is 0 Å². The maximum Gasteiger partial charge on any atom is 0.416 e. The predicted molar refractivity (Wildman–Crippen MR) is 104 cm³/mol. The minimum absolute atomic E-state index is 0.223. The number of carbonyl (C=O) groups excluding carboxylic acids is 1. The molecule has 3 aromatic carbocycles. The second kappa shape index (κ2) is 8.61. The molecule has 0 aromatic heterocycles. The first-order valence-corrected chi connectivity index (χ1v) is 8.79. The van der Waals surface area contributed by atoms with Gasteiger partial charge in [0.25, 0.3) is 0 Å². The number of rotatable bonds is 5. The Hall–Kier alpha value is -3.28. The van der Waals surface area contributed by atoms with E-state index in [1.54, 1.807) is 12.1 Å². The minimum Gasteiger partial charge on any atom is -0.338 e. The molecule has 0 aliphatic rings. The number of para-hydroxylation sites is 1. The zero-order valence-electron chi connectivity index (χ0n) is 15.0. The molecule has 144 valence electrons. The molecule has 0 saturated carbocycles. The molecule has 0 fully saturated rings. The largest absolute Gasteiger partial charge is 0.416 e. The predicted octanol–water partition coefficient (Wildman–Crippen LogP) is 5.74. The van der Waals surface area contributed by atoms with Gasteiger partial charge in [0.15, 0.2) is 0 Å². The molecular formula is C22H19F3N2O. The van der Waals surface area contributed by atoms with Crippen molar-refractivity contribution in [1.82, 2.24) is 5.32 Å². The summed E-state index contributed by atoms with van der Waals surface area (Å²) in [6.45, 7) is 0.223. The number of urea groups is 1. The third-order valence-electron chi connectivity index (χ3n) is 4.21. The van der Waals surface area contributed by atoms with Gasteiger partial charge in [-0.25, -0.2) is 4.79 Å². The van der Waals surface area contributed by atoms with Crippen molar-refractivity contribution in [2.45, 2.75) is 12.6 Å². The number of amides is 2. The number of carbonyl (C=O) groups is 1. The minimum atomic E-state index is -4.37. The maximum absolute atomic E-state index is 12.8. The third kappa shape index (κ3) is 5.13. The van der Waals surface area contributed by atoms with E-state index in [1.165, 1.54) is 6.07 Å². The number of hydrogen-bond acceptors (Lipinski definition) is 1. The summed E-state index contributed by atoms with van der Waals surface area (Å²) in [7, 11) is 0. The summed E-state index contributed by atoms with van der Waals surface area (Å²) in [5.74, 6) is 0. The summed E-state index contributed by atoms with van der Waals surface area (Å²) in [6.07, 6.45) is -4.07. The van der Waals surface area contributed by atoms with Gasteiger partial charge in [0, 0.05) is 12.1 Å². The van der Waals surface area contributed by atoms with E-state index < -0.39 is 17.8 Å². The fourth-order valence-corrected chi connectivity index (χ4v) is 2.85. The summed E-state index contributed by atoms with van der Waals surface area (Å²) >= 11 is 0. The second-order valence-electron chi connectivity index (χ2n) is 6.24. The van der Waals surface area contributed by atoms with Crippen LogP contribution in [0, 0.1) is 0 Å². The van der Waals surface area contributed by atoms with E-state index in [1.807, 2.05) is 48.5 Å². The summed E-state index contributed by atoms with van der Waals surface area (Å²) in [6, 6.07) is 21.8.